The molecule has 14 heavy (non-hydrogen) atoms. The summed E-state index contributed by atoms with van der Waals surface area (Å²) in [7, 11) is 0. The molecule has 0 heterocycles. The summed E-state index contributed by atoms with van der Waals surface area (Å²) in [6, 6.07) is 10.5. The zero-order valence-electron chi connectivity index (χ0n) is 8.58. The maximum absolute atomic E-state index is 5.56. The molecular weight excluding hydrogens is 240 g/mol. The Balaban J connectivity index is 2.46. The molecule has 1 aromatic carbocycles. The van der Waals surface area contributed by atoms with Gasteiger partial charge in [-0.25, -0.2) is 0 Å². The average Bonchev–Trinajstić information content (AvgIpc) is 2.26. The second kappa shape index (κ2) is 7.02. The first-order valence-electron chi connectivity index (χ1n) is 5.07. The van der Waals surface area contributed by atoms with E-state index in [0.717, 1.165) is 25.0 Å². The van der Waals surface area contributed by atoms with E-state index >= 15 is 0 Å². The lowest BCUT2D eigenvalue weighted by molar-refractivity contribution is 0.125. The highest BCUT2D eigenvalue weighted by atomic mass is 79.9. The molecule has 2 heteroatoms. The first-order chi connectivity index (χ1) is 6.88. The molecule has 0 saturated carbocycles. The molecule has 0 N–H and O–H groups in total. The van der Waals surface area contributed by atoms with Crippen LogP contribution in [-0.4, -0.2) is 18.5 Å². The third-order valence-electron chi connectivity index (χ3n) is 2.12. The molecule has 0 aliphatic heterocycles. The Labute approximate surface area is 94.6 Å². The Hall–Kier alpha value is -0.340. The van der Waals surface area contributed by atoms with Crippen LogP contribution >= 0.6 is 15.9 Å². The van der Waals surface area contributed by atoms with Gasteiger partial charge in [0.2, 0.25) is 0 Å². The van der Waals surface area contributed by atoms with Crippen molar-refractivity contribution in [1.82, 2.24) is 0 Å². The summed E-state index contributed by atoms with van der Waals surface area (Å²) in [6.07, 6.45) is 1.09. The van der Waals surface area contributed by atoms with Crippen molar-refractivity contribution in [2.45, 2.75) is 19.3 Å². The second-order valence-corrected chi connectivity index (χ2v) is 3.98. The molecule has 0 spiro atoms. The molecule has 0 aliphatic carbocycles. The van der Waals surface area contributed by atoms with Gasteiger partial charge in [0.05, 0.1) is 6.61 Å². The zero-order valence-corrected chi connectivity index (χ0v) is 10.2. The van der Waals surface area contributed by atoms with Crippen LogP contribution in [0.4, 0.5) is 0 Å². The lowest BCUT2D eigenvalue weighted by Crippen LogP contribution is -2.09. The molecule has 0 fully saturated rings. The zero-order chi connectivity index (χ0) is 10.2. The quantitative estimate of drug-likeness (QED) is 0.559. The molecule has 0 aliphatic rings. The maximum Gasteiger partial charge on any atom is 0.0542 e. The number of ether oxygens (including phenoxy) is 1. The maximum atomic E-state index is 5.56. The smallest absolute Gasteiger partial charge is 0.0542 e. The van der Waals surface area contributed by atoms with Gasteiger partial charge in [-0.1, -0.05) is 53.2 Å². The van der Waals surface area contributed by atoms with Gasteiger partial charge in [-0.2, -0.15) is 0 Å². The summed E-state index contributed by atoms with van der Waals surface area (Å²) in [5, 5.41) is 0.959. The fraction of sp³-hybridized carbons (Fsp3) is 0.500. The first kappa shape index (κ1) is 11.7. The van der Waals surface area contributed by atoms with Gasteiger partial charge in [-0.3, -0.25) is 0 Å². The summed E-state index contributed by atoms with van der Waals surface area (Å²) < 4.78 is 5.56. The Morgan fingerprint density at radius 2 is 2.00 bits per heavy atom. The molecule has 1 unspecified atom stereocenters. The van der Waals surface area contributed by atoms with Gasteiger partial charge < -0.3 is 4.74 Å². The average molecular weight is 257 g/mol. The molecule has 1 nitrogen and oxygen atoms in total. The van der Waals surface area contributed by atoms with Crippen molar-refractivity contribution in [2.75, 3.05) is 18.5 Å². The molecule has 1 atom stereocenters. The van der Waals surface area contributed by atoms with Crippen LogP contribution in [0.2, 0.25) is 0 Å². The van der Waals surface area contributed by atoms with E-state index in [0.29, 0.717) is 5.92 Å². The summed E-state index contributed by atoms with van der Waals surface area (Å²) in [6.45, 7) is 3.80. The molecule has 1 aromatic rings. The predicted octanol–water partition coefficient (Wildman–Crippen LogP) is 3.59. The van der Waals surface area contributed by atoms with Crippen molar-refractivity contribution in [1.29, 1.82) is 0 Å². The standard InChI is InChI=1S/C12H17BrO/c1-2-8-14-10-12(9-13)11-6-4-3-5-7-11/h3-7,12H,2,8-10H2,1H3. The first-order valence-corrected chi connectivity index (χ1v) is 6.19. The summed E-state index contributed by atoms with van der Waals surface area (Å²) in [5.41, 5.74) is 1.35. The number of halogens is 1. The summed E-state index contributed by atoms with van der Waals surface area (Å²) in [5.74, 6) is 0.475. The van der Waals surface area contributed by atoms with Crippen molar-refractivity contribution in [3.05, 3.63) is 35.9 Å². The normalized spacial score (nSPS) is 12.7. The van der Waals surface area contributed by atoms with Crippen molar-refractivity contribution in [3.8, 4) is 0 Å². The van der Waals surface area contributed by atoms with Gasteiger partial charge >= 0.3 is 0 Å². The topological polar surface area (TPSA) is 9.23 Å². The van der Waals surface area contributed by atoms with Crippen LogP contribution < -0.4 is 0 Å². The van der Waals surface area contributed by atoms with Crippen LogP contribution in [0.25, 0.3) is 0 Å². The number of alkyl halides is 1. The van der Waals surface area contributed by atoms with Gasteiger partial charge in [-0.05, 0) is 12.0 Å². The number of hydrogen-bond acceptors (Lipinski definition) is 1. The van der Waals surface area contributed by atoms with E-state index in [1.807, 2.05) is 6.07 Å². The molecular formula is C12H17BrO. The highest BCUT2D eigenvalue weighted by Gasteiger charge is 2.08. The summed E-state index contributed by atoms with van der Waals surface area (Å²) in [4.78, 5) is 0. The summed E-state index contributed by atoms with van der Waals surface area (Å²) >= 11 is 3.52. The van der Waals surface area contributed by atoms with Gasteiger partial charge in [0.25, 0.3) is 0 Å². The Morgan fingerprint density at radius 3 is 2.57 bits per heavy atom. The molecule has 0 radical (unpaired) electrons. The second-order valence-electron chi connectivity index (χ2n) is 3.34. The lowest BCUT2D eigenvalue weighted by atomic mass is 10.0. The molecule has 0 aromatic heterocycles. The number of rotatable bonds is 6. The molecule has 0 bridgehead atoms. The Kier molecular flexibility index (Phi) is 5.88. The van der Waals surface area contributed by atoms with Gasteiger partial charge in [0.15, 0.2) is 0 Å². The highest BCUT2D eigenvalue weighted by molar-refractivity contribution is 9.09. The van der Waals surface area contributed by atoms with E-state index in [4.69, 9.17) is 4.74 Å². The Bertz CT molecular complexity index is 235. The number of benzene rings is 1. The largest absolute Gasteiger partial charge is 0.381 e. The van der Waals surface area contributed by atoms with Gasteiger partial charge in [0.1, 0.15) is 0 Å². The minimum absolute atomic E-state index is 0.475. The van der Waals surface area contributed by atoms with Crippen LogP contribution in [0.3, 0.4) is 0 Å². The van der Waals surface area contributed by atoms with Crippen molar-refractivity contribution in [2.24, 2.45) is 0 Å². The third kappa shape index (κ3) is 3.81. The molecule has 1 rings (SSSR count). The van der Waals surface area contributed by atoms with E-state index in [1.165, 1.54) is 5.56 Å². The van der Waals surface area contributed by atoms with E-state index in [9.17, 15) is 0 Å². The molecule has 0 saturated heterocycles. The van der Waals surface area contributed by atoms with Crippen molar-refractivity contribution < 1.29 is 4.74 Å². The number of hydrogen-bond donors (Lipinski definition) is 0. The highest BCUT2D eigenvalue weighted by Crippen LogP contribution is 2.18. The van der Waals surface area contributed by atoms with Crippen LogP contribution in [-0.2, 0) is 4.74 Å². The van der Waals surface area contributed by atoms with Crippen molar-refractivity contribution in [3.63, 3.8) is 0 Å². The van der Waals surface area contributed by atoms with E-state index in [2.05, 4.69) is 47.1 Å². The van der Waals surface area contributed by atoms with Crippen LogP contribution in [0.5, 0.6) is 0 Å². The molecule has 78 valence electrons. The predicted molar refractivity (Wildman–Crippen MR) is 64.1 cm³/mol. The molecule has 0 amide bonds. The fourth-order valence-electron chi connectivity index (χ4n) is 1.32. The minimum Gasteiger partial charge on any atom is -0.381 e. The van der Waals surface area contributed by atoms with E-state index in [-0.39, 0.29) is 0 Å². The third-order valence-corrected chi connectivity index (χ3v) is 2.91. The fourth-order valence-corrected chi connectivity index (χ4v) is 1.89. The van der Waals surface area contributed by atoms with Crippen LogP contribution in [0.1, 0.15) is 24.8 Å². The SMILES string of the molecule is CCCOCC(CBr)c1ccccc1. The van der Waals surface area contributed by atoms with Crippen LogP contribution in [0, 0.1) is 0 Å². The van der Waals surface area contributed by atoms with E-state index in [1.54, 1.807) is 0 Å². The lowest BCUT2D eigenvalue weighted by Gasteiger charge is -2.14. The minimum atomic E-state index is 0.475. The Morgan fingerprint density at radius 1 is 1.29 bits per heavy atom. The van der Waals surface area contributed by atoms with Crippen LogP contribution in [0.15, 0.2) is 30.3 Å². The van der Waals surface area contributed by atoms with E-state index < -0.39 is 0 Å². The van der Waals surface area contributed by atoms with Gasteiger partial charge in [-0.15, -0.1) is 0 Å². The van der Waals surface area contributed by atoms with Gasteiger partial charge in [0, 0.05) is 17.9 Å². The monoisotopic (exact) mass is 256 g/mol. The van der Waals surface area contributed by atoms with Crippen molar-refractivity contribution >= 4 is 15.9 Å².